The van der Waals surface area contributed by atoms with Crippen LogP contribution in [0.15, 0.2) is 18.2 Å². The van der Waals surface area contributed by atoms with Gasteiger partial charge in [0.05, 0.1) is 23.4 Å². The van der Waals surface area contributed by atoms with Crippen LogP contribution in [0.25, 0.3) is 11.3 Å². The quantitative estimate of drug-likeness (QED) is 0.808. The molecule has 2 aromatic rings. The molecule has 0 saturated heterocycles. The summed E-state index contributed by atoms with van der Waals surface area (Å²) < 4.78 is 1.77. The molecule has 132 valence electrons. The van der Waals surface area contributed by atoms with Gasteiger partial charge in [0, 0.05) is 23.6 Å². The summed E-state index contributed by atoms with van der Waals surface area (Å²) in [5.74, 6) is -0.00350. The number of aliphatic hydroxyl groups excluding tert-OH is 1. The smallest absolute Gasteiger partial charge is 0.181 e. The van der Waals surface area contributed by atoms with E-state index in [1.54, 1.807) is 17.7 Å². The Morgan fingerprint density at radius 2 is 2.00 bits per heavy atom. The van der Waals surface area contributed by atoms with Gasteiger partial charge < -0.3 is 5.11 Å². The van der Waals surface area contributed by atoms with Gasteiger partial charge in [0.1, 0.15) is 5.69 Å². The highest BCUT2D eigenvalue weighted by Gasteiger charge is 2.23. The SMILES string of the molecule is Cc1cc(-c2nn(C(C)C)c(C(=O)CC[C@H](C)O)c2C)ccc1C#N. The van der Waals surface area contributed by atoms with E-state index in [2.05, 4.69) is 11.2 Å². The first-order valence-electron chi connectivity index (χ1n) is 8.57. The lowest BCUT2D eigenvalue weighted by Gasteiger charge is -2.11. The molecule has 0 aliphatic rings. The summed E-state index contributed by atoms with van der Waals surface area (Å²) in [4.78, 5) is 12.7. The number of hydrogen-bond acceptors (Lipinski definition) is 4. The van der Waals surface area contributed by atoms with E-state index in [0.29, 0.717) is 24.1 Å². The van der Waals surface area contributed by atoms with Crippen LogP contribution in [-0.2, 0) is 0 Å². The summed E-state index contributed by atoms with van der Waals surface area (Å²) >= 11 is 0. The first-order chi connectivity index (χ1) is 11.8. The number of aryl methyl sites for hydroxylation is 1. The fraction of sp³-hybridized carbons (Fsp3) is 0.450. The molecule has 1 N–H and O–H groups in total. The van der Waals surface area contributed by atoms with Gasteiger partial charge in [0.15, 0.2) is 5.78 Å². The van der Waals surface area contributed by atoms with Crippen molar-refractivity contribution in [2.24, 2.45) is 0 Å². The number of aromatic nitrogens is 2. The zero-order valence-corrected chi connectivity index (χ0v) is 15.5. The third-order valence-corrected chi connectivity index (χ3v) is 4.31. The Morgan fingerprint density at radius 1 is 1.32 bits per heavy atom. The number of nitrogens with zero attached hydrogens (tertiary/aromatic N) is 3. The van der Waals surface area contributed by atoms with Crippen molar-refractivity contribution >= 4 is 5.78 Å². The van der Waals surface area contributed by atoms with Crippen molar-refractivity contribution in [3.05, 3.63) is 40.6 Å². The minimum Gasteiger partial charge on any atom is -0.393 e. The van der Waals surface area contributed by atoms with Gasteiger partial charge in [0.25, 0.3) is 0 Å². The van der Waals surface area contributed by atoms with Gasteiger partial charge in [-0.05, 0) is 58.7 Å². The molecular formula is C20H25N3O2. The van der Waals surface area contributed by atoms with E-state index < -0.39 is 6.10 Å². The van der Waals surface area contributed by atoms with Crippen LogP contribution in [0.5, 0.6) is 0 Å². The molecule has 1 heterocycles. The van der Waals surface area contributed by atoms with Crippen molar-refractivity contribution in [1.29, 1.82) is 5.26 Å². The van der Waals surface area contributed by atoms with E-state index >= 15 is 0 Å². The molecule has 25 heavy (non-hydrogen) atoms. The molecule has 0 unspecified atom stereocenters. The van der Waals surface area contributed by atoms with E-state index in [9.17, 15) is 9.90 Å². The average molecular weight is 339 g/mol. The number of carbonyl (C=O) groups is 1. The molecular weight excluding hydrogens is 314 g/mol. The predicted molar refractivity (Wildman–Crippen MR) is 97.5 cm³/mol. The van der Waals surface area contributed by atoms with Gasteiger partial charge in [-0.2, -0.15) is 10.4 Å². The molecule has 1 atom stereocenters. The van der Waals surface area contributed by atoms with Gasteiger partial charge in [-0.1, -0.05) is 6.07 Å². The van der Waals surface area contributed by atoms with Gasteiger partial charge in [-0.25, -0.2) is 0 Å². The number of nitriles is 1. The Bertz CT molecular complexity index is 826. The Hall–Kier alpha value is -2.45. The zero-order chi connectivity index (χ0) is 18.7. The lowest BCUT2D eigenvalue weighted by molar-refractivity contribution is 0.0936. The molecule has 2 rings (SSSR count). The van der Waals surface area contributed by atoms with E-state index in [4.69, 9.17) is 5.26 Å². The molecule has 0 fully saturated rings. The maximum atomic E-state index is 12.7. The van der Waals surface area contributed by atoms with Crippen LogP contribution in [-0.4, -0.2) is 26.8 Å². The molecule has 0 amide bonds. The number of rotatable bonds is 6. The second-order valence-electron chi connectivity index (χ2n) is 6.81. The number of aliphatic hydroxyl groups is 1. The number of ketones is 1. The monoisotopic (exact) mass is 339 g/mol. The normalized spacial score (nSPS) is 12.2. The largest absolute Gasteiger partial charge is 0.393 e. The predicted octanol–water partition coefficient (Wildman–Crippen LogP) is 3.96. The van der Waals surface area contributed by atoms with Crippen molar-refractivity contribution in [3.63, 3.8) is 0 Å². The highest BCUT2D eigenvalue weighted by atomic mass is 16.3. The van der Waals surface area contributed by atoms with Crippen molar-refractivity contribution in [2.45, 2.75) is 59.6 Å². The standard InChI is InChI=1S/C20H25N3O2/c1-12(2)23-20(18(25)9-6-14(4)24)15(5)19(22-23)16-7-8-17(11-21)13(3)10-16/h7-8,10,12,14,24H,6,9H2,1-5H3/t14-/m0/s1. The maximum absolute atomic E-state index is 12.7. The molecule has 0 saturated carbocycles. The summed E-state index contributed by atoms with van der Waals surface area (Å²) in [5, 5.41) is 23.2. The third kappa shape index (κ3) is 3.97. The minimum atomic E-state index is -0.500. The van der Waals surface area contributed by atoms with Gasteiger partial charge in [0.2, 0.25) is 0 Å². The highest BCUT2D eigenvalue weighted by molar-refractivity contribution is 5.97. The molecule has 1 aromatic carbocycles. The summed E-state index contributed by atoms with van der Waals surface area (Å²) in [6.07, 6.45) is 0.232. The maximum Gasteiger partial charge on any atom is 0.181 e. The molecule has 0 aliphatic carbocycles. The first kappa shape index (κ1) is 18.9. The minimum absolute atomic E-state index is 0.00350. The molecule has 0 aliphatic heterocycles. The summed E-state index contributed by atoms with van der Waals surface area (Å²) in [7, 11) is 0. The van der Waals surface area contributed by atoms with Crippen LogP contribution in [0.2, 0.25) is 0 Å². The van der Waals surface area contributed by atoms with Crippen LogP contribution in [0.4, 0.5) is 0 Å². The molecule has 0 bridgehead atoms. The highest BCUT2D eigenvalue weighted by Crippen LogP contribution is 2.29. The Labute approximate surface area is 148 Å². The average Bonchev–Trinajstić information content (AvgIpc) is 2.90. The lowest BCUT2D eigenvalue weighted by atomic mass is 9.99. The topological polar surface area (TPSA) is 78.9 Å². The number of Topliss-reactive ketones (excluding diaryl/α,β-unsaturated/α-hetero) is 1. The van der Waals surface area contributed by atoms with Crippen LogP contribution in [0, 0.1) is 25.2 Å². The van der Waals surface area contributed by atoms with Crippen molar-refractivity contribution in [1.82, 2.24) is 9.78 Å². The molecule has 5 heteroatoms. The summed E-state index contributed by atoms with van der Waals surface area (Å²) in [6, 6.07) is 7.81. The lowest BCUT2D eigenvalue weighted by Crippen LogP contribution is -2.15. The summed E-state index contributed by atoms with van der Waals surface area (Å²) in [6.45, 7) is 9.47. The van der Waals surface area contributed by atoms with Gasteiger partial charge in [-0.3, -0.25) is 9.48 Å². The second-order valence-corrected chi connectivity index (χ2v) is 6.81. The van der Waals surface area contributed by atoms with E-state index in [1.807, 2.05) is 39.8 Å². The van der Waals surface area contributed by atoms with Crippen LogP contribution in [0.1, 0.15) is 66.8 Å². The van der Waals surface area contributed by atoms with E-state index in [1.165, 1.54) is 0 Å². The van der Waals surface area contributed by atoms with Crippen molar-refractivity contribution in [2.75, 3.05) is 0 Å². The zero-order valence-electron chi connectivity index (χ0n) is 15.5. The number of hydrogen-bond donors (Lipinski definition) is 1. The van der Waals surface area contributed by atoms with E-state index in [-0.39, 0.29) is 11.8 Å². The molecule has 0 radical (unpaired) electrons. The number of carbonyl (C=O) groups excluding carboxylic acids is 1. The van der Waals surface area contributed by atoms with Crippen molar-refractivity contribution < 1.29 is 9.90 Å². The molecule has 5 nitrogen and oxygen atoms in total. The van der Waals surface area contributed by atoms with Crippen molar-refractivity contribution in [3.8, 4) is 17.3 Å². The third-order valence-electron chi connectivity index (χ3n) is 4.31. The second kappa shape index (κ2) is 7.62. The van der Waals surface area contributed by atoms with Crippen LogP contribution < -0.4 is 0 Å². The molecule has 0 spiro atoms. The molecule has 1 aromatic heterocycles. The Kier molecular flexibility index (Phi) is 5.76. The van der Waals surface area contributed by atoms with Crippen LogP contribution in [0.3, 0.4) is 0 Å². The fourth-order valence-electron chi connectivity index (χ4n) is 2.90. The van der Waals surface area contributed by atoms with E-state index in [0.717, 1.165) is 22.4 Å². The Balaban J connectivity index is 2.51. The van der Waals surface area contributed by atoms with Crippen LogP contribution >= 0.6 is 0 Å². The van der Waals surface area contributed by atoms with Gasteiger partial charge in [-0.15, -0.1) is 0 Å². The first-order valence-corrected chi connectivity index (χ1v) is 8.57. The summed E-state index contributed by atoms with van der Waals surface area (Å²) in [5.41, 5.74) is 4.64. The Morgan fingerprint density at radius 3 is 2.52 bits per heavy atom. The number of benzene rings is 1. The fourth-order valence-corrected chi connectivity index (χ4v) is 2.90. The van der Waals surface area contributed by atoms with Gasteiger partial charge >= 0.3 is 0 Å².